The molecule has 0 bridgehead atoms. The molecule has 3 rings (SSSR count). The quantitative estimate of drug-likeness (QED) is 0.223. The fourth-order valence-corrected chi connectivity index (χ4v) is 4.83. The predicted molar refractivity (Wildman–Crippen MR) is 161 cm³/mol. The molecule has 1 N–H and O–H groups in total. The maximum absolute atomic E-state index is 13.3. The molecule has 0 unspecified atom stereocenters. The molecule has 3 aromatic carbocycles. The molecule has 0 aliphatic heterocycles. The van der Waals surface area contributed by atoms with Crippen LogP contribution in [0.2, 0.25) is 0 Å². The number of carbonyl (C=O) groups is 2. The van der Waals surface area contributed by atoms with Crippen LogP contribution in [-0.4, -0.2) is 73.9 Å². The van der Waals surface area contributed by atoms with Gasteiger partial charge >= 0.3 is 12.1 Å². The van der Waals surface area contributed by atoms with Crippen molar-refractivity contribution in [2.24, 2.45) is 5.41 Å². The van der Waals surface area contributed by atoms with E-state index in [9.17, 15) is 14.7 Å². The molecule has 0 saturated carbocycles. The van der Waals surface area contributed by atoms with E-state index in [1.54, 1.807) is 29.2 Å². The van der Waals surface area contributed by atoms with Crippen molar-refractivity contribution in [2.75, 3.05) is 46.9 Å². The van der Waals surface area contributed by atoms with Gasteiger partial charge in [0, 0.05) is 25.0 Å². The van der Waals surface area contributed by atoms with Crippen LogP contribution in [0, 0.1) is 5.41 Å². The summed E-state index contributed by atoms with van der Waals surface area (Å²) in [5, 5.41) is 11.4. The summed E-state index contributed by atoms with van der Waals surface area (Å²) in [5.74, 6) is -0.214. The van der Waals surface area contributed by atoms with Crippen LogP contribution < -0.4 is 4.74 Å². The van der Waals surface area contributed by atoms with Gasteiger partial charge in [-0.05, 0) is 60.7 Å². The lowest BCUT2D eigenvalue weighted by Crippen LogP contribution is -2.44. The van der Waals surface area contributed by atoms with Gasteiger partial charge in [-0.15, -0.1) is 0 Å². The van der Waals surface area contributed by atoms with Crippen LogP contribution in [0.5, 0.6) is 5.75 Å². The number of carbonyl (C=O) groups excluding carboxylic acids is 1. The normalized spacial score (nSPS) is 12.0. The second-order valence-electron chi connectivity index (χ2n) is 11.2. The highest BCUT2D eigenvalue weighted by atomic mass is 16.6. The first-order valence-electron chi connectivity index (χ1n) is 13.8. The van der Waals surface area contributed by atoms with Gasteiger partial charge in [-0.25, -0.2) is 9.59 Å². The number of amides is 1. The van der Waals surface area contributed by atoms with Gasteiger partial charge in [-0.2, -0.15) is 0 Å². The molecular weight excluding hydrogens is 504 g/mol. The molecule has 214 valence electrons. The Bertz CT molecular complexity index is 1290. The molecule has 0 aromatic heterocycles. The lowest BCUT2D eigenvalue weighted by atomic mass is 9.92. The standard InChI is InChI=1S/C33H42N2O5/c1-6-7-19-39-32(38)35(24-33(2,3)23-34(4)5)21-26(20-25-15-17-28(18-16-25)31(36)37)22-40-30-14-10-12-27-11-8-9-13-29(27)30/h8-18,20H,6-7,19,21-24H2,1-5H3,(H,36,37)/b26-20-. The van der Waals surface area contributed by atoms with E-state index >= 15 is 0 Å². The summed E-state index contributed by atoms with van der Waals surface area (Å²) in [6.45, 7) is 8.58. The first-order valence-corrected chi connectivity index (χ1v) is 13.8. The molecule has 0 atom stereocenters. The van der Waals surface area contributed by atoms with Crippen LogP contribution in [0.25, 0.3) is 16.8 Å². The molecule has 0 aliphatic carbocycles. The molecular formula is C33H42N2O5. The number of unbranched alkanes of at least 4 members (excludes halogenated alkanes) is 1. The van der Waals surface area contributed by atoms with E-state index in [0.717, 1.165) is 47.0 Å². The van der Waals surface area contributed by atoms with E-state index in [1.807, 2.05) is 62.6 Å². The van der Waals surface area contributed by atoms with Gasteiger partial charge in [0.1, 0.15) is 12.4 Å². The van der Waals surface area contributed by atoms with E-state index in [-0.39, 0.29) is 23.7 Å². The average molecular weight is 547 g/mol. The molecule has 0 saturated heterocycles. The first-order chi connectivity index (χ1) is 19.1. The summed E-state index contributed by atoms with van der Waals surface area (Å²) in [5.41, 5.74) is 1.73. The van der Waals surface area contributed by atoms with E-state index in [4.69, 9.17) is 9.47 Å². The highest BCUT2D eigenvalue weighted by molar-refractivity contribution is 5.88. The smallest absolute Gasteiger partial charge is 0.410 e. The third kappa shape index (κ3) is 9.42. The molecule has 0 heterocycles. The largest absolute Gasteiger partial charge is 0.489 e. The molecule has 7 heteroatoms. The SMILES string of the molecule is CCCCOC(=O)N(C/C(=C/c1ccc(C(=O)O)cc1)COc1cccc2ccccc12)CC(C)(C)CN(C)C. The Balaban J connectivity index is 1.93. The Morgan fingerprint density at radius 1 is 0.950 bits per heavy atom. The monoisotopic (exact) mass is 546 g/mol. The van der Waals surface area contributed by atoms with E-state index < -0.39 is 5.97 Å². The Labute approximate surface area is 238 Å². The van der Waals surface area contributed by atoms with Crippen molar-refractivity contribution in [3.8, 4) is 5.75 Å². The summed E-state index contributed by atoms with van der Waals surface area (Å²) in [6, 6.07) is 20.7. The molecule has 0 radical (unpaired) electrons. The second-order valence-corrected chi connectivity index (χ2v) is 11.2. The van der Waals surface area contributed by atoms with E-state index in [1.165, 1.54) is 0 Å². The van der Waals surface area contributed by atoms with Gasteiger partial charge in [0.05, 0.1) is 12.2 Å². The fraction of sp³-hybridized carbons (Fsp3) is 0.394. The summed E-state index contributed by atoms with van der Waals surface area (Å²) >= 11 is 0. The van der Waals surface area contributed by atoms with Crippen LogP contribution >= 0.6 is 0 Å². The first kappa shape index (κ1) is 30.7. The third-order valence-corrected chi connectivity index (χ3v) is 6.43. The Morgan fingerprint density at radius 3 is 2.33 bits per heavy atom. The molecule has 1 amide bonds. The lowest BCUT2D eigenvalue weighted by Gasteiger charge is -2.34. The van der Waals surface area contributed by atoms with Crippen LogP contribution in [0.3, 0.4) is 0 Å². The van der Waals surface area contributed by atoms with Gasteiger partial charge in [-0.3, -0.25) is 0 Å². The minimum absolute atomic E-state index is 0.183. The van der Waals surface area contributed by atoms with Crippen molar-refractivity contribution in [3.05, 3.63) is 83.4 Å². The molecule has 0 fully saturated rings. The average Bonchev–Trinajstić information content (AvgIpc) is 2.90. The van der Waals surface area contributed by atoms with Crippen LogP contribution in [0.4, 0.5) is 4.79 Å². The lowest BCUT2D eigenvalue weighted by molar-refractivity contribution is 0.0696. The minimum Gasteiger partial charge on any atom is -0.489 e. The highest BCUT2D eigenvalue weighted by Crippen LogP contribution is 2.26. The number of fused-ring (bicyclic) bond motifs is 1. The zero-order valence-corrected chi connectivity index (χ0v) is 24.4. The minimum atomic E-state index is -0.973. The molecule has 0 spiro atoms. The number of benzene rings is 3. The van der Waals surface area contributed by atoms with Crippen molar-refractivity contribution >= 4 is 28.9 Å². The van der Waals surface area contributed by atoms with Gasteiger partial charge in [0.2, 0.25) is 0 Å². The number of nitrogens with zero attached hydrogens (tertiary/aromatic N) is 2. The van der Waals surface area contributed by atoms with Gasteiger partial charge < -0.3 is 24.4 Å². The molecule has 3 aromatic rings. The highest BCUT2D eigenvalue weighted by Gasteiger charge is 2.27. The summed E-state index contributed by atoms with van der Waals surface area (Å²) < 4.78 is 12.0. The van der Waals surface area contributed by atoms with Crippen LogP contribution in [0.15, 0.2) is 72.3 Å². The topological polar surface area (TPSA) is 79.3 Å². The molecule has 0 aliphatic rings. The van der Waals surface area contributed by atoms with Crippen molar-refractivity contribution < 1.29 is 24.2 Å². The fourth-order valence-electron chi connectivity index (χ4n) is 4.83. The van der Waals surface area contributed by atoms with Gasteiger partial charge in [-0.1, -0.05) is 81.8 Å². The third-order valence-electron chi connectivity index (χ3n) is 6.43. The zero-order valence-electron chi connectivity index (χ0n) is 24.4. The Kier molecular flexibility index (Phi) is 11.1. The van der Waals surface area contributed by atoms with E-state index in [0.29, 0.717) is 19.7 Å². The van der Waals surface area contributed by atoms with Crippen LogP contribution in [0.1, 0.15) is 49.5 Å². The van der Waals surface area contributed by atoms with Crippen molar-refractivity contribution in [1.82, 2.24) is 9.80 Å². The van der Waals surface area contributed by atoms with Crippen LogP contribution in [-0.2, 0) is 4.74 Å². The number of aromatic carboxylic acids is 1. The van der Waals surface area contributed by atoms with Gasteiger partial charge in [0.25, 0.3) is 0 Å². The van der Waals surface area contributed by atoms with Crippen molar-refractivity contribution in [2.45, 2.75) is 33.6 Å². The Hall–Kier alpha value is -3.84. The number of rotatable bonds is 14. The number of carboxylic acids is 1. The number of hydrogen-bond acceptors (Lipinski definition) is 5. The predicted octanol–water partition coefficient (Wildman–Crippen LogP) is 6.83. The van der Waals surface area contributed by atoms with Crippen molar-refractivity contribution in [3.63, 3.8) is 0 Å². The van der Waals surface area contributed by atoms with E-state index in [2.05, 4.69) is 25.7 Å². The zero-order chi connectivity index (χ0) is 29.1. The summed E-state index contributed by atoms with van der Waals surface area (Å²) in [7, 11) is 4.05. The second kappa shape index (κ2) is 14.5. The van der Waals surface area contributed by atoms with Gasteiger partial charge in [0.15, 0.2) is 0 Å². The summed E-state index contributed by atoms with van der Waals surface area (Å²) in [6.07, 6.45) is 3.36. The van der Waals surface area contributed by atoms with Crippen molar-refractivity contribution in [1.29, 1.82) is 0 Å². The molecule has 40 heavy (non-hydrogen) atoms. The number of carboxylic acid groups (broad SMARTS) is 1. The Morgan fingerprint density at radius 2 is 1.65 bits per heavy atom. The maximum atomic E-state index is 13.3. The number of ether oxygens (including phenoxy) is 2. The summed E-state index contributed by atoms with van der Waals surface area (Å²) in [4.78, 5) is 28.5. The maximum Gasteiger partial charge on any atom is 0.410 e. The number of hydrogen-bond donors (Lipinski definition) is 1. The molecule has 7 nitrogen and oxygen atoms in total.